The quantitative estimate of drug-likeness (QED) is 0.709. The molecule has 1 aromatic carbocycles. The lowest BCUT2D eigenvalue weighted by atomic mass is 9.83. The van der Waals surface area contributed by atoms with Gasteiger partial charge >= 0.3 is 0 Å². The first kappa shape index (κ1) is 14.4. The van der Waals surface area contributed by atoms with Crippen LogP contribution in [-0.2, 0) is 0 Å². The maximum Gasteiger partial charge on any atom is 0.0629 e. The van der Waals surface area contributed by atoms with E-state index in [-0.39, 0.29) is 0 Å². The number of halogens is 2. The van der Waals surface area contributed by atoms with Gasteiger partial charge in [-0.05, 0) is 81.2 Å². The van der Waals surface area contributed by atoms with Gasteiger partial charge < -0.3 is 5.32 Å². The third-order valence-corrected chi connectivity index (χ3v) is 5.14. The molecule has 1 aliphatic rings. The molecule has 1 fully saturated rings. The van der Waals surface area contributed by atoms with Crippen LogP contribution in [0.3, 0.4) is 0 Å². The van der Waals surface area contributed by atoms with Gasteiger partial charge in [-0.3, -0.25) is 0 Å². The largest absolute Gasteiger partial charge is 0.383 e. The summed E-state index contributed by atoms with van der Waals surface area (Å²) >= 11 is 7.28. The van der Waals surface area contributed by atoms with Crippen LogP contribution in [0.2, 0.25) is 0 Å². The Bertz CT molecular complexity index is 386. The summed E-state index contributed by atoms with van der Waals surface area (Å²) in [5.41, 5.74) is 2.46. The molecule has 0 radical (unpaired) electrons. The van der Waals surface area contributed by atoms with Gasteiger partial charge in [-0.15, -0.1) is 0 Å². The summed E-state index contributed by atoms with van der Waals surface area (Å²) in [6.45, 7) is 5.58. The summed E-state index contributed by atoms with van der Waals surface area (Å²) in [4.78, 5) is 0. The molecule has 0 spiro atoms. The number of rotatable bonds is 3. The summed E-state index contributed by atoms with van der Waals surface area (Å²) in [5, 5.41) is 3.60. The van der Waals surface area contributed by atoms with E-state index in [0.29, 0.717) is 0 Å². The zero-order chi connectivity index (χ0) is 13.1. The Kier molecular flexibility index (Phi) is 5.14. The fourth-order valence-corrected chi connectivity index (χ4v) is 4.34. The minimum absolute atomic E-state index is 0.835. The molecule has 18 heavy (non-hydrogen) atoms. The van der Waals surface area contributed by atoms with Gasteiger partial charge in [0.2, 0.25) is 0 Å². The van der Waals surface area contributed by atoms with Crippen molar-refractivity contribution >= 4 is 37.5 Å². The van der Waals surface area contributed by atoms with Gasteiger partial charge in [-0.1, -0.05) is 19.8 Å². The number of hydrogen-bond acceptors (Lipinski definition) is 1. The average Bonchev–Trinajstić information content (AvgIpc) is 2.30. The average molecular weight is 375 g/mol. The molecule has 0 unspecified atom stereocenters. The molecule has 1 nitrogen and oxygen atoms in total. The second kappa shape index (κ2) is 6.42. The Morgan fingerprint density at radius 2 is 1.67 bits per heavy atom. The zero-order valence-electron chi connectivity index (χ0n) is 11.1. The molecule has 1 saturated carbocycles. The third kappa shape index (κ3) is 3.74. The fraction of sp³-hybridized carbons (Fsp3) is 0.600. The fourth-order valence-electron chi connectivity index (χ4n) is 2.65. The van der Waals surface area contributed by atoms with E-state index < -0.39 is 0 Å². The van der Waals surface area contributed by atoms with Gasteiger partial charge in [0, 0.05) is 15.5 Å². The van der Waals surface area contributed by atoms with Crippen molar-refractivity contribution in [3.05, 3.63) is 26.6 Å². The highest BCUT2D eigenvalue weighted by Gasteiger charge is 2.18. The predicted molar refractivity (Wildman–Crippen MR) is 86.2 cm³/mol. The van der Waals surface area contributed by atoms with Crippen LogP contribution < -0.4 is 5.32 Å². The predicted octanol–water partition coefficient (Wildman–Crippen LogP) is 5.76. The van der Waals surface area contributed by atoms with Crippen LogP contribution >= 0.6 is 31.9 Å². The van der Waals surface area contributed by atoms with Crippen molar-refractivity contribution in [2.75, 3.05) is 11.9 Å². The lowest BCUT2D eigenvalue weighted by Crippen LogP contribution is -2.20. The van der Waals surface area contributed by atoms with Crippen LogP contribution in [0.4, 0.5) is 5.69 Å². The summed E-state index contributed by atoms with van der Waals surface area (Å²) in [5.74, 6) is 1.76. The molecule has 0 bridgehead atoms. The first-order chi connectivity index (χ1) is 8.56. The van der Waals surface area contributed by atoms with E-state index in [1.54, 1.807) is 0 Å². The monoisotopic (exact) mass is 373 g/mol. The van der Waals surface area contributed by atoms with Gasteiger partial charge in [0.1, 0.15) is 0 Å². The highest BCUT2D eigenvalue weighted by atomic mass is 79.9. The van der Waals surface area contributed by atoms with Crippen LogP contribution in [0.25, 0.3) is 0 Å². The second-order valence-corrected chi connectivity index (χ2v) is 7.32. The van der Waals surface area contributed by atoms with E-state index in [1.165, 1.54) is 36.9 Å². The number of benzene rings is 1. The van der Waals surface area contributed by atoms with Gasteiger partial charge in [-0.2, -0.15) is 0 Å². The Labute approximate surface area is 127 Å². The van der Waals surface area contributed by atoms with Crippen molar-refractivity contribution in [2.24, 2.45) is 11.8 Å². The van der Waals surface area contributed by atoms with E-state index >= 15 is 0 Å². The zero-order valence-corrected chi connectivity index (χ0v) is 14.3. The van der Waals surface area contributed by atoms with Crippen molar-refractivity contribution in [1.29, 1.82) is 0 Å². The van der Waals surface area contributed by atoms with Gasteiger partial charge in [0.15, 0.2) is 0 Å². The van der Waals surface area contributed by atoms with Crippen molar-refractivity contribution in [3.8, 4) is 0 Å². The minimum Gasteiger partial charge on any atom is -0.383 e. The van der Waals surface area contributed by atoms with Crippen molar-refractivity contribution < 1.29 is 0 Å². The standard InChI is InChI=1S/C15H21Br2N/c1-10-3-5-12(6-4-10)9-18-15-13(16)7-11(2)8-14(15)17/h7-8,10,12,18H,3-6,9H2,1-2H3. The van der Waals surface area contributed by atoms with Crippen molar-refractivity contribution in [3.63, 3.8) is 0 Å². The lowest BCUT2D eigenvalue weighted by molar-refractivity contribution is 0.300. The number of nitrogens with one attached hydrogen (secondary N) is 1. The first-order valence-corrected chi connectivity index (χ1v) is 8.34. The maximum absolute atomic E-state index is 3.64. The van der Waals surface area contributed by atoms with Crippen LogP contribution in [-0.4, -0.2) is 6.54 Å². The third-order valence-electron chi connectivity index (χ3n) is 3.89. The smallest absolute Gasteiger partial charge is 0.0629 e. The van der Waals surface area contributed by atoms with Crippen molar-refractivity contribution in [1.82, 2.24) is 0 Å². The molecule has 3 heteroatoms. The molecular weight excluding hydrogens is 354 g/mol. The molecule has 0 amide bonds. The highest BCUT2D eigenvalue weighted by molar-refractivity contribution is 9.11. The Hall–Kier alpha value is -0.0200. The molecule has 1 N–H and O–H groups in total. The maximum atomic E-state index is 3.64. The molecule has 0 aromatic heterocycles. The topological polar surface area (TPSA) is 12.0 Å². The van der Waals surface area contributed by atoms with E-state index in [4.69, 9.17) is 0 Å². The van der Waals surface area contributed by atoms with E-state index in [1.807, 2.05) is 0 Å². The molecule has 0 saturated heterocycles. The van der Waals surface area contributed by atoms with Crippen molar-refractivity contribution in [2.45, 2.75) is 39.5 Å². The Morgan fingerprint density at radius 3 is 2.22 bits per heavy atom. The van der Waals surface area contributed by atoms with E-state index in [0.717, 1.165) is 27.3 Å². The molecule has 0 aliphatic heterocycles. The minimum atomic E-state index is 0.835. The normalized spacial score (nSPS) is 24.0. The van der Waals surface area contributed by atoms with Gasteiger partial charge in [0.05, 0.1) is 5.69 Å². The highest BCUT2D eigenvalue weighted by Crippen LogP contribution is 2.34. The van der Waals surface area contributed by atoms with Gasteiger partial charge in [0.25, 0.3) is 0 Å². The number of anilines is 1. The molecule has 1 aromatic rings. The SMILES string of the molecule is Cc1cc(Br)c(NCC2CCC(C)CC2)c(Br)c1. The summed E-state index contributed by atoms with van der Waals surface area (Å²) < 4.78 is 2.30. The molecule has 1 aliphatic carbocycles. The van der Waals surface area contributed by atoms with E-state index in [2.05, 4.69) is 63.2 Å². The Morgan fingerprint density at radius 1 is 1.11 bits per heavy atom. The van der Waals surface area contributed by atoms with E-state index in [9.17, 15) is 0 Å². The number of aryl methyl sites for hydroxylation is 1. The van der Waals surface area contributed by atoms with Crippen LogP contribution in [0, 0.1) is 18.8 Å². The van der Waals surface area contributed by atoms with Crippen LogP contribution in [0.15, 0.2) is 21.1 Å². The van der Waals surface area contributed by atoms with Crippen LogP contribution in [0.1, 0.15) is 38.2 Å². The number of hydrogen-bond donors (Lipinski definition) is 1. The second-order valence-electron chi connectivity index (χ2n) is 5.61. The van der Waals surface area contributed by atoms with Crippen LogP contribution in [0.5, 0.6) is 0 Å². The lowest BCUT2D eigenvalue weighted by Gasteiger charge is -2.27. The molecule has 0 heterocycles. The Balaban J connectivity index is 1.94. The first-order valence-electron chi connectivity index (χ1n) is 6.75. The molecule has 100 valence electrons. The molecular formula is C15H21Br2N. The summed E-state index contributed by atoms with van der Waals surface area (Å²) in [7, 11) is 0. The molecule has 2 rings (SSSR count). The molecule has 0 atom stereocenters. The summed E-state index contributed by atoms with van der Waals surface area (Å²) in [6.07, 6.45) is 5.52. The summed E-state index contributed by atoms with van der Waals surface area (Å²) in [6, 6.07) is 4.33. The van der Waals surface area contributed by atoms with Gasteiger partial charge in [-0.25, -0.2) is 0 Å².